The molecule has 0 saturated carbocycles. The summed E-state index contributed by atoms with van der Waals surface area (Å²) in [4.78, 5) is 2.29. The highest BCUT2D eigenvalue weighted by atomic mass is 19.2. The number of rotatable bonds is 5. The fourth-order valence-corrected chi connectivity index (χ4v) is 4.08. The lowest BCUT2D eigenvalue weighted by Crippen LogP contribution is -2.29. The third-order valence-corrected chi connectivity index (χ3v) is 5.48. The molecule has 2 heterocycles. The predicted molar refractivity (Wildman–Crippen MR) is 107 cm³/mol. The van der Waals surface area contributed by atoms with Gasteiger partial charge in [0.05, 0.1) is 20.3 Å². The Morgan fingerprint density at radius 1 is 0.966 bits per heavy atom. The minimum absolute atomic E-state index is 0.186. The van der Waals surface area contributed by atoms with Crippen molar-refractivity contribution in [2.75, 3.05) is 20.8 Å². The number of nitrogens with zero attached hydrogens (tertiary/aromatic N) is 2. The Morgan fingerprint density at radius 2 is 1.83 bits per heavy atom. The van der Waals surface area contributed by atoms with Crippen LogP contribution in [0.3, 0.4) is 0 Å². The van der Waals surface area contributed by atoms with Gasteiger partial charge < -0.3 is 14.0 Å². The van der Waals surface area contributed by atoms with Crippen molar-refractivity contribution in [3.63, 3.8) is 0 Å². The van der Waals surface area contributed by atoms with Crippen LogP contribution in [0.2, 0.25) is 0 Å². The summed E-state index contributed by atoms with van der Waals surface area (Å²) in [6, 6.07) is 13.8. The van der Waals surface area contributed by atoms with E-state index in [1.165, 1.54) is 12.1 Å². The summed E-state index contributed by atoms with van der Waals surface area (Å²) in [5.41, 5.74) is 2.82. The van der Waals surface area contributed by atoms with E-state index in [2.05, 4.69) is 15.5 Å². The average molecular weight is 398 g/mol. The molecule has 3 aromatic rings. The summed E-state index contributed by atoms with van der Waals surface area (Å²) < 4.78 is 40.7. The first-order valence-corrected chi connectivity index (χ1v) is 9.65. The summed E-state index contributed by atoms with van der Waals surface area (Å²) in [7, 11) is 3.26. The van der Waals surface area contributed by atoms with E-state index < -0.39 is 11.6 Å². The second kappa shape index (κ2) is 8.25. The molecular weight excluding hydrogens is 374 g/mol. The van der Waals surface area contributed by atoms with Gasteiger partial charge in [0.25, 0.3) is 0 Å². The van der Waals surface area contributed by atoms with Gasteiger partial charge in [-0.15, -0.1) is 0 Å². The van der Waals surface area contributed by atoms with Crippen LogP contribution in [0.1, 0.15) is 29.3 Å². The number of aryl methyl sites for hydroxylation is 1. The largest absolute Gasteiger partial charge is 0.497 e. The first kappa shape index (κ1) is 19.5. The zero-order valence-corrected chi connectivity index (χ0v) is 16.6. The molecule has 0 N–H and O–H groups in total. The van der Waals surface area contributed by atoms with Crippen molar-refractivity contribution in [1.82, 2.24) is 9.47 Å². The average Bonchev–Trinajstić information content (AvgIpc) is 3.12. The van der Waals surface area contributed by atoms with E-state index in [1.54, 1.807) is 20.3 Å². The molecule has 1 atom stereocenters. The van der Waals surface area contributed by atoms with E-state index in [0.717, 1.165) is 47.8 Å². The fraction of sp³-hybridized carbons (Fsp3) is 0.304. The van der Waals surface area contributed by atoms with Crippen LogP contribution in [0.15, 0.2) is 54.7 Å². The summed E-state index contributed by atoms with van der Waals surface area (Å²) >= 11 is 0. The maximum atomic E-state index is 14.1. The van der Waals surface area contributed by atoms with E-state index >= 15 is 0 Å². The molecule has 4 nitrogen and oxygen atoms in total. The van der Waals surface area contributed by atoms with Crippen molar-refractivity contribution < 1.29 is 18.3 Å². The Labute approximate surface area is 169 Å². The molecule has 0 saturated heterocycles. The van der Waals surface area contributed by atoms with Crippen molar-refractivity contribution in [3.05, 3.63) is 83.2 Å². The molecule has 1 aliphatic heterocycles. The van der Waals surface area contributed by atoms with Gasteiger partial charge in [-0.1, -0.05) is 12.1 Å². The monoisotopic (exact) mass is 398 g/mol. The number of ether oxygens (including phenoxy) is 2. The van der Waals surface area contributed by atoms with Crippen LogP contribution in [0.25, 0.3) is 0 Å². The van der Waals surface area contributed by atoms with Gasteiger partial charge in [0, 0.05) is 43.2 Å². The molecule has 1 aliphatic rings. The molecule has 0 radical (unpaired) electrons. The van der Waals surface area contributed by atoms with Gasteiger partial charge in [-0.3, -0.25) is 4.90 Å². The quantitative estimate of drug-likeness (QED) is 0.619. The SMILES string of the molecule is COc1ccc(CN2CCCn3cccc3[C@H]2c2ccc(F)c(F)c2)c(OC)c1. The first-order valence-electron chi connectivity index (χ1n) is 9.65. The van der Waals surface area contributed by atoms with Gasteiger partial charge in [-0.2, -0.15) is 0 Å². The number of benzene rings is 2. The zero-order valence-electron chi connectivity index (χ0n) is 16.6. The molecule has 4 rings (SSSR count). The van der Waals surface area contributed by atoms with Crippen LogP contribution < -0.4 is 9.47 Å². The van der Waals surface area contributed by atoms with Crippen molar-refractivity contribution >= 4 is 0 Å². The topological polar surface area (TPSA) is 26.6 Å². The molecule has 0 bridgehead atoms. The standard InChI is InChI=1S/C23H24F2N2O2/c1-28-18-8-6-17(22(14-18)29-2)15-27-12-4-11-26-10-3-5-21(26)23(27)16-7-9-19(24)20(25)13-16/h3,5-10,13-14,23H,4,11-12,15H2,1-2H3/t23-/m1/s1. The van der Waals surface area contributed by atoms with Crippen LogP contribution >= 0.6 is 0 Å². The number of methoxy groups -OCH3 is 2. The van der Waals surface area contributed by atoms with Crippen LogP contribution in [0, 0.1) is 11.6 Å². The maximum absolute atomic E-state index is 14.1. The second-order valence-electron chi connectivity index (χ2n) is 7.20. The molecule has 0 amide bonds. The van der Waals surface area contributed by atoms with Gasteiger partial charge in [-0.25, -0.2) is 8.78 Å². The summed E-state index contributed by atoms with van der Waals surface area (Å²) in [5, 5.41) is 0. The van der Waals surface area contributed by atoms with E-state index in [4.69, 9.17) is 9.47 Å². The Balaban J connectivity index is 1.75. The highest BCUT2D eigenvalue weighted by molar-refractivity contribution is 5.41. The Morgan fingerprint density at radius 3 is 2.59 bits per heavy atom. The zero-order chi connectivity index (χ0) is 20.4. The van der Waals surface area contributed by atoms with Crippen molar-refractivity contribution in [3.8, 4) is 11.5 Å². The lowest BCUT2D eigenvalue weighted by molar-refractivity contribution is 0.216. The summed E-state index contributed by atoms with van der Waals surface area (Å²) in [6.45, 7) is 2.32. The third kappa shape index (κ3) is 3.85. The number of hydrogen-bond donors (Lipinski definition) is 0. The van der Waals surface area contributed by atoms with Gasteiger partial charge >= 0.3 is 0 Å². The lowest BCUT2D eigenvalue weighted by Gasteiger charge is -2.31. The molecule has 6 heteroatoms. The van der Waals surface area contributed by atoms with Crippen LogP contribution in [0.4, 0.5) is 8.78 Å². The molecule has 152 valence electrons. The van der Waals surface area contributed by atoms with Crippen molar-refractivity contribution in [2.24, 2.45) is 0 Å². The van der Waals surface area contributed by atoms with Crippen LogP contribution in [-0.4, -0.2) is 30.2 Å². The Bertz CT molecular complexity index is 1000. The predicted octanol–water partition coefficient (Wildman–Crippen LogP) is 4.78. The Hall–Kier alpha value is -2.86. The van der Waals surface area contributed by atoms with Gasteiger partial charge in [0.15, 0.2) is 11.6 Å². The van der Waals surface area contributed by atoms with Gasteiger partial charge in [0.1, 0.15) is 11.5 Å². The maximum Gasteiger partial charge on any atom is 0.159 e. The molecule has 0 fully saturated rings. The van der Waals surface area contributed by atoms with Crippen LogP contribution in [-0.2, 0) is 13.1 Å². The summed E-state index contributed by atoms with van der Waals surface area (Å²) in [5.74, 6) is -0.187. The molecule has 1 aromatic heterocycles. The summed E-state index contributed by atoms with van der Waals surface area (Å²) in [6.07, 6.45) is 3.00. The smallest absolute Gasteiger partial charge is 0.159 e. The van der Waals surface area contributed by atoms with E-state index in [1.807, 2.05) is 30.5 Å². The number of aromatic nitrogens is 1. The van der Waals surface area contributed by atoms with Crippen LogP contribution in [0.5, 0.6) is 11.5 Å². The van der Waals surface area contributed by atoms with Gasteiger partial charge in [-0.05, 0) is 42.3 Å². The molecule has 0 spiro atoms. The highest BCUT2D eigenvalue weighted by Gasteiger charge is 2.28. The van der Waals surface area contributed by atoms with Crippen molar-refractivity contribution in [1.29, 1.82) is 0 Å². The molecular formula is C23H24F2N2O2. The van der Waals surface area contributed by atoms with E-state index in [-0.39, 0.29) is 6.04 Å². The minimum atomic E-state index is -0.832. The first-order chi connectivity index (χ1) is 14.1. The van der Waals surface area contributed by atoms with Crippen molar-refractivity contribution in [2.45, 2.75) is 25.6 Å². The fourth-order valence-electron chi connectivity index (χ4n) is 4.08. The number of fused-ring (bicyclic) bond motifs is 1. The second-order valence-corrected chi connectivity index (χ2v) is 7.20. The van der Waals surface area contributed by atoms with Gasteiger partial charge in [0.2, 0.25) is 0 Å². The normalized spacial score (nSPS) is 16.9. The Kier molecular flexibility index (Phi) is 5.53. The number of hydrogen-bond acceptors (Lipinski definition) is 3. The molecule has 0 unspecified atom stereocenters. The van der Waals surface area contributed by atoms with E-state index in [9.17, 15) is 8.78 Å². The minimum Gasteiger partial charge on any atom is -0.497 e. The number of halogens is 2. The third-order valence-electron chi connectivity index (χ3n) is 5.48. The highest BCUT2D eigenvalue weighted by Crippen LogP contribution is 2.35. The molecule has 0 aliphatic carbocycles. The van der Waals surface area contributed by atoms with E-state index in [0.29, 0.717) is 6.54 Å². The molecule has 29 heavy (non-hydrogen) atoms. The lowest BCUT2D eigenvalue weighted by atomic mass is 10.0. The molecule has 2 aromatic carbocycles.